The molecule has 1 saturated heterocycles. The molecule has 0 N–H and O–H groups in total. The van der Waals surface area contributed by atoms with Gasteiger partial charge >= 0.3 is 0 Å². The molecule has 140 heavy (non-hydrogen) atoms. The van der Waals surface area contributed by atoms with E-state index in [-0.39, 0.29) is 59.8 Å². The molecule has 9 fully saturated rings. The Morgan fingerprint density at radius 2 is 0.429 bits per heavy atom. The Balaban J connectivity index is 0.000000118. The molecule has 8 aliphatic carbocycles. The third-order valence-electron chi connectivity index (χ3n) is 32.8. The molecule has 0 aromatic heterocycles. The molecule has 13 aromatic rings. The molecule has 0 spiro atoms. The Labute approximate surface area is 865 Å². The van der Waals surface area contributed by atoms with Gasteiger partial charge in [0.1, 0.15) is 11.5 Å². The van der Waals surface area contributed by atoms with E-state index in [0.29, 0.717) is 10.9 Å². The number of fused-ring (bicyclic) bond motifs is 5. The first-order valence-corrected chi connectivity index (χ1v) is 62.3. The van der Waals surface area contributed by atoms with Crippen LogP contribution in [0.2, 0.25) is 0 Å². The molecule has 9 aliphatic rings. The van der Waals surface area contributed by atoms with Gasteiger partial charge < -0.3 is 0 Å². The van der Waals surface area contributed by atoms with Crippen molar-refractivity contribution in [3.63, 3.8) is 0 Å². The van der Waals surface area contributed by atoms with Crippen LogP contribution >= 0.6 is 11.8 Å². The Bertz CT molecular complexity index is 5540. The van der Waals surface area contributed by atoms with Gasteiger partial charge in [0.25, 0.3) is 0 Å². The van der Waals surface area contributed by atoms with E-state index < -0.39 is 0 Å². The van der Waals surface area contributed by atoms with E-state index >= 15 is 0 Å². The first-order valence-electron chi connectivity index (χ1n) is 54.7. The molecule has 0 radical (unpaired) electrons. The summed E-state index contributed by atoms with van der Waals surface area (Å²) in [4.78, 5) is 18.6. The number of benzene rings is 13. The number of rotatable bonds is 19. The zero-order chi connectivity index (χ0) is 96.2. The van der Waals surface area contributed by atoms with Crippen LogP contribution in [0, 0.1) is 23.7 Å². The zero-order valence-electron chi connectivity index (χ0n) is 86.1. The van der Waals surface area contributed by atoms with Crippen molar-refractivity contribution in [3.8, 4) is 0 Å². The van der Waals surface area contributed by atoms with Crippen molar-refractivity contribution in [1.82, 2.24) is 0 Å². The van der Waals surface area contributed by atoms with E-state index in [2.05, 4.69) is 414 Å². The van der Waals surface area contributed by atoms with Gasteiger partial charge in [-0.25, -0.2) is 0 Å². The van der Waals surface area contributed by atoms with Crippen molar-refractivity contribution >= 4 is 66.2 Å². The minimum absolute atomic E-state index is 0.0305. The van der Waals surface area contributed by atoms with Crippen molar-refractivity contribution in [2.24, 2.45) is 23.7 Å². The van der Waals surface area contributed by atoms with Crippen LogP contribution in [0.25, 0.3) is 0 Å². The minimum Gasteiger partial charge on any atom is -0.152 e. The summed E-state index contributed by atoms with van der Waals surface area (Å²) >= 11 is 2.11. The fraction of sp³-hybridized carbons (Fsp3) is 0.418. The number of hydrogen-bond acceptors (Lipinski definition) is 1. The van der Waals surface area contributed by atoms with Gasteiger partial charge in [-0.3, -0.25) is 0 Å². The van der Waals surface area contributed by atoms with Crippen molar-refractivity contribution in [3.05, 3.63) is 390 Å². The van der Waals surface area contributed by atoms with Gasteiger partial charge in [0.15, 0.2) is 63.6 Å². The second-order valence-electron chi connectivity index (χ2n) is 45.2. The fourth-order valence-corrected chi connectivity index (χ4v) is 37.0. The van der Waals surface area contributed by atoms with Crippen molar-refractivity contribution in [1.29, 1.82) is 0 Å². The smallest absolute Gasteiger partial charge is 0.152 e. The number of hydrogen-bond donors (Lipinski definition) is 0. The van der Waals surface area contributed by atoms with Crippen LogP contribution in [0.3, 0.4) is 0 Å². The van der Waals surface area contributed by atoms with Crippen LogP contribution in [0.1, 0.15) is 341 Å². The molecule has 5 unspecified atom stereocenters. The van der Waals surface area contributed by atoms with E-state index in [1.54, 1.807) is 38.3 Å². The van der Waals surface area contributed by atoms with E-state index in [0.717, 1.165) is 59.2 Å². The summed E-state index contributed by atoms with van der Waals surface area (Å²) in [6.07, 6.45) is 42.3. The predicted molar refractivity (Wildman–Crippen MR) is 610 cm³/mol. The van der Waals surface area contributed by atoms with Crippen LogP contribution in [-0.4, -0.2) is 23.0 Å². The van der Waals surface area contributed by atoms with E-state index in [1.807, 2.05) is 0 Å². The average molecular weight is 1960 g/mol. The molecule has 1 aliphatic heterocycles. The molecular weight excluding hydrogens is 1800 g/mol. The second-order valence-corrected chi connectivity index (χ2v) is 56.8. The maximum absolute atomic E-state index is 2.47. The summed E-state index contributed by atoms with van der Waals surface area (Å²) in [5.41, 5.74) is 14.2. The molecule has 728 valence electrons. The summed E-state index contributed by atoms with van der Waals surface area (Å²) in [7, 11) is 0.326. The van der Waals surface area contributed by atoms with Crippen LogP contribution < -0.4 is 0 Å². The first-order chi connectivity index (χ1) is 68.3. The van der Waals surface area contributed by atoms with Crippen LogP contribution in [0.5, 0.6) is 0 Å². The second kappa shape index (κ2) is 49.2. The Hall–Kier alpha value is -8.04. The number of thioether (sulfide) groups is 1. The SMILES string of the molecule is CC(C)(C)c1ccc([S+](c2ccccc2)c2ccc(C(C)(C)C)cc2)cc1.CC(C)(C)c1ccc([S+]2CCSCC2)cc1.c1cc([S+](c2ccc(C3CCCCC3)cc2)c2ccc(C3CCCCC3)cc2)ccc1C1CCCCC1.c1ccc([S+](c2ccc(C3CCCCC3)cc2)c2ccc(C3CCCCC3)cc2)cc1.c1ccc([S+](c2ccccc2)c2ccc(C3CC4CC3C3CCCC43)cc2)cc1. The summed E-state index contributed by atoms with van der Waals surface area (Å²) in [5, 5.41) is 0. The highest BCUT2D eigenvalue weighted by Gasteiger charge is 2.54. The monoisotopic (exact) mass is 1960 g/mol. The first kappa shape index (κ1) is 102. The van der Waals surface area contributed by atoms with Crippen LogP contribution in [0.15, 0.2) is 403 Å². The summed E-state index contributed by atoms with van der Waals surface area (Å²) in [6, 6.07) is 130. The van der Waals surface area contributed by atoms with Gasteiger partial charge in [0, 0.05) is 22.4 Å². The lowest BCUT2D eigenvalue weighted by atomic mass is 9.73. The van der Waals surface area contributed by atoms with Gasteiger partial charge in [-0.15, -0.1) is 0 Å². The van der Waals surface area contributed by atoms with Gasteiger partial charge in [-0.1, -0.05) is 347 Å². The lowest BCUT2D eigenvalue weighted by molar-refractivity contribution is 0.232. The highest BCUT2D eigenvalue weighted by Crippen LogP contribution is 2.64. The highest BCUT2D eigenvalue weighted by atomic mass is 32.2. The van der Waals surface area contributed by atoms with Gasteiger partial charge in [0.05, 0.1) is 43.6 Å². The topological polar surface area (TPSA) is 0 Å². The molecule has 6 heteroatoms. The van der Waals surface area contributed by atoms with Crippen molar-refractivity contribution in [2.45, 2.75) is 370 Å². The maximum atomic E-state index is 2.47. The lowest BCUT2D eigenvalue weighted by Crippen LogP contribution is -2.23. The Morgan fingerprint density at radius 3 is 0.679 bits per heavy atom. The van der Waals surface area contributed by atoms with E-state index in [1.165, 1.54) is 291 Å². The average Bonchev–Trinajstić information content (AvgIpc) is 1.58. The van der Waals surface area contributed by atoms with Gasteiger partial charge in [0.2, 0.25) is 0 Å². The minimum atomic E-state index is -0.0847. The molecule has 2 bridgehead atoms. The van der Waals surface area contributed by atoms with Crippen LogP contribution in [-0.2, 0) is 70.7 Å². The molecular formula is C134H161S6+5. The quantitative estimate of drug-likeness (QED) is 0.0727. The largest absolute Gasteiger partial charge is 0.166 e. The molecule has 1 heterocycles. The molecule has 0 nitrogen and oxygen atoms in total. The summed E-state index contributed by atoms with van der Waals surface area (Å²) < 4.78 is 0. The highest BCUT2D eigenvalue weighted by molar-refractivity contribution is 8.05. The summed E-state index contributed by atoms with van der Waals surface area (Å²) in [5.74, 6) is 14.3. The maximum Gasteiger partial charge on any atom is 0.166 e. The van der Waals surface area contributed by atoms with Gasteiger partial charge in [-0.05, 0) is 373 Å². The molecule has 0 amide bonds. The third kappa shape index (κ3) is 26.4. The van der Waals surface area contributed by atoms with Crippen molar-refractivity contribution < 1.29 is 0 Å². The van der Waals surface area contributed by atoms with Crippen molar-refractivity contribution in [2.75, 3.05) is 23.0 Å². The molecule has 13 aromatic carbocycles. The molecule has 22 rings (SSSR count). The Kier molecular flexibility index (Phi) is 35.9. The lowest BCUT2D eigenvalue weighted by Gasteiger charge is -2.31. The summed E-state index contributed by atoms with van der Waals surface area (Å²) in [6.45, 7) is 20.4. The zero-order valence-corrected chi connectivity index (χ0v) is 91.0. The molecule has 8 saturated carbocycles. The predicted octanol–water partition coefficient (Wildman–Crippen LogP) is 38.2. The standard InChI is InChI=1S/C36H45S.C30H35S.C28H29S.C26H31S.C14H21S2/c1-4-10-28(11-5-1)31-16-22-34(23-17-31)37(35-24-18-32(19-25-35)29-12-6-2-7-13-29)36-26-20-33(21-27-36)30-14-8-3-9-15-30;1-4-10-24(11-5-1)26-16-20-29(21-17-26)31(28-14-8-3-9-15-28)30-22-18-27(19-23-30)25-12-6-2-7-13-25;1-3-8-22(9-4-1)29(23-10-5-2-6-11-23)24-16-14-20(15-17-24)27-18-21-19-28(27)26-13-7-12-25(21)26;1-25(2,3)20-12-16-23(17-13-20)27(22-10-8-7-9-11-22)24-18-14-21(15-19-24)26(4,5)6;1-14(2,3)12-4-6-13(7-5-12)16-10-8-15-9-11-16/h16-30H,1-15H2;3,8-9,14-25H,1-2,4-7,10-13H2;1-6,8-11,14-17,21,25-28H,7,12-13,18-19H2;7-19H,1-6H3;4-7H,8-11H2,1-3H3/q5*+1. The fourth-order valence-electron chi connectivity index (χ4n) is 24.8. The van der Waals surface area contributed by atoms with Crippen LogP contribution in [0.4, 0.5) is 0 Å². The third-order valence-corrected chi connectivity index (χ3v) is 45.5. The Morgan fingerprint density at radius 1 is 0.207 bits per heavy atom. The molecule has 5 atom stereocenters. The normalized spacial score (nSPS) is 20.2. The van der Waals surface area contributed by atoms with Gasteiger partial charge in [-0.2, -0.15) is 11.8 Å². The van der Waals surface area contributed by atoms with E-state index in [4.69, 9.17) is 0 Å². The van der Waals surface area contributed by atoms with E-state index in [9.17, 15) is 0 Å².